The summed E-state index contributed by atoms with van der Waals surface area (Å²) in [6.45, 7) is 6.65. The summed E-state index contributed by atoms with van der Waals surface area (Å²) >= 11 is 1.67. The van der Waals surface area contributed by atoms with E-state index in [-0.39, 0.29) is 24.4 Å². The minimum atomic E-state index is 0. The number of nitrogens with two attached hydrogens (primary N) is 1. The van der Waals surface area contributed by atoms with E-state index < -0.39 is 0 Å². The van der Waals surface area contributed by atoms with E-state index in [0.29, 0.717) is 17.8 Å². The van der Waals surface area contributed by atoms with Crippen LogP contribution in [0.15, 0.2) is 35.7 Å². The maximum Gasteiger partial charge on any atom is 0.254 e. The molecule has 0 atom stereocenters. The normalized spacial score (nSPS) is 10.3. The number of carbonyl (C=O) groups is 1. The zero-order chi connectivity index (χ0) is 14.7. The van der Waals surface area contributed by atoms with E-state index in [0.717, 1.165) is 5.56 Å². The van der Waals surface area contributed by atoms with Crippen molar-refractivity contribution in [3.8, 4) is 0 Å². The molecule has 1 amide bonds. The predicted octanol–water partition coefficient (Wildman–Crippen LogP) is 4.11. The summed E-state index contributed by atoms with van der Waals surface area (Å²) in [6, 6.07) is 9.69. The van der Waals surface area contributed by atoms with Gasteiger partial charge in [0.15, 0.2) is 0 Å². The van der Waals surface area contributed by atoms with Crippen molar-refractivity contribution in [1.82, 2.24) is 4.90 Å². The maximum absolute atomic E-state index is 12.8. The highest BCUT2D eigenvalue weighted by Crippen LogP contribution is 2.20. The molecular weight excluding hydrogens is 304 g/mol. The molecule has 2 aromatic rings. The summed E-state index contributed by atoms with van der Waals surface area (Å²) in [4.78, 5) is 15.8. The van der Waals surface area contributed by atoms with Crippen molar-refractivity contribution in [2.24, 2.45) is 0 Å². The van der Waals surface area contributed by atoms with E-state index in [4.69, 9.17) is 5.73 Å². The second-order valence-electron chi connectivity index (χ2n) is 5.18. The number of thiophene rings is 1. The summed E-state index contributed by atoms with van der Waals surface area (Å²) in [5.74, 6) is 0.0400. The molecule has 0 aliphatic rings. The SMILES string of the molecule is Cc1ccc(N)cc1C(=O)N(Cc1cccs1)C(C)C.Cl. The topological polar surface area (TPSA) is 46.3 Å². The Morgan fingerprint density at radius 3 is 2.62 bits per heavy atom. The summed E-state index contributed by atoms with van der Waals surface area (Å²) in [5, 5.41) is 2.03. The number of hydrogen-bond acceptors (Lipinski definition) is 3. The van der Waals surface area contributed by atoms with Gasteiger partial charge in [0.25, 0.3) is 5.91 Å². The van der Waals surface area contributed by atoms with Gasteiger partial charge in [-0.2, -0.15) is 0 Å². The molecule has 0 saturated carbocycles. The molecule has 0 spiro atoms. The van der Waals surface area contributed by atoms with Crippen LogP contribution < -0.4 is 5.73 Å². The molecule has 1 heterocycles. The highest BCUT2D eigenvalue weighted by molar-refractivity contribution is 7.09. The quantitative estimate of drug-likeness (QED) is 0.860. The second-order valence-corrected chi connectivity index (χ2v) is 6.21. The van der Waals surface area contributed by atoms with Gasteiger partial charge in [0.2, 0.25) is 0 Å². The number of anilines is 1. The van der Waals surface area contributed by atoms with Crippen molar-refractivity contribution in [2.45, 2.75) is 33.4 Å². The average Bonchev–Trinajstić information content (AvgIpc) is 2.90. The van der Waals surface area contributed by atoms with Crippen LogP contribution in [0, 0.1) is 6.92 Å². The van der Waals surface area contributed by atoms with Gasteiger partial charge in [0, 0.05) is 22.2 Å². The number of rotatable bonds is 4. The Balaban J connectivity index is 0.00000220. The summed E-state index contributed by atoms with van der Waals surface area (Å²) < 4.78 is 0. The average molecular weight is 325 g/mol. The summed E-state index contributed by atoms with van der Waals surface area (Å²) in [5.41, 5.74) is 8.08. The minimum absolute atomic E-state index is 0. The molecule has 2 rings (SSSR count). The summed E-state index contributed by atoms with van der Waals surface area (Å²) in [6.07, 6.45) is 0. The number of hydrogen-bond donors (Lipinski definition) is 1. The molecule has 21 heavy (non-hydrogen) atoms. The van der Waals surface area contributed by atoms with Gasteiger partial charge >= 0.3 is 0 Å². The Bertz CT molecular complexity index is 596. The lowest BCUT2D eigenvalue weighted by molar-refractivity contribution is 0.0691. The van der Waals surface area contributed by atoms with Gasteiger partial charge in [-0.05, 0) is 49.9 Å². The van der Waals surface area contributed by atoms with Gasteiger partial charge in [0.1, 0.15) is 0 Å². The molecule has 2 N–H and O–H groups in total. The van der Waals surface area contributed by atoms with Gasteiger partial charge in [0.05, 0.1) is 6.54 Å². The van der Waals surface area contributed by atoms with E-state index in [1.165, 1.54) is 4.88 Å². The molecule has 1 aromatic heterocycles. The first kappa shape index (κ1) is 17.5. The molecule has 0 fully saturated rings. The number of carbonyl (C=O) groups excluding carboxylic acids is 1. The molecule has 1 aromatic carbocycles. The fraction of sp³-hybridized carbons (Fsp3) is 0.312. The predicted molar refractivity (Wildman–Crippen MR) is 92.2 cm³/mol. The first-order chi connectivity index (χ1) is 9.49. The third-order valence-electron chi connectivity index (χ3n) is 3.28. The first-order valence-electron chi connectivity index (χ1n) is 6.68. The Hall–Kier alpha value is -1.52. The number of aryl methyl sites for hydroxylation is 1. The number of benzene rings is 1. The molecule has 3 nitrogen and oxygen atoms in total. The number of nitrogen functional groups attached to an aromatic ring is 1. The molecular formula is C16H21ClN2OS. The Labute approximate surface area is 136 Å². The van der Waals surface area contributed by atoms with Crippen LogP contribution in [0.25, 0.3) is 0 Å². The monoisotopic (exact) mass is 324 g/mol. The molecule has 0 aliphatic carbocycles. The van der Waals surface area contributed by atoms with Crippen LogP contribution in [0.5, 0.6) is 0 Å². The zero-order valence-corrected chi connectivity index (χ0v) is 14.1. The smallest absolute Gasteiger partial charge is 0.254 e. The maximum atomic E-state index is 12.8. The lowest BCUT2D eigenvalue weighted by Crippen LogP contribution is -2.36. The van der Waals surface area contributed by atoms with Crippen molar-refractivity contribution in [2.75, 3.05) is 5.73 Å². The van der Waals surface area contributed by atoms with Gasteiger partial charge in [-0.1, -0.05) is 12.1 Å². The largest absolute Gasteiger partial charge is 0.399 e. The third kappa shape index (κ3) is 4.22. The fourth-order valence-electron chi connectivity index (χ4n) is 2.08. The van der Waals surface area contributed by atoms with Crippen LogP contribution in [-0.2, 0) is 6.54 Å². The highest BCUT2D eigenvalue weighted by atomic mass is 35.5. The lowest BCUT2D eigenvalue weighted by atomic mass is 10.1. The van der Waals surface area contributed by atoms with Crippen molar-refractivity contribution < 1.29 is 4.79 Å². The van der Waals surface area contributed by atoms with E-state index >= 15 is 0 Å². The molecule has 0 aliphatic heterocycles. The van der Waals surface area contributed by atoms with Crippen LogP contribution in [0.2, 0.25) is 0 Å². The van der Waals surface area contributed by atoms with E-state index in [2.05, 4.69) is 6.07 Å². The molecule has 0 bridgehead atoms. The van der Waals surface area contributed by atoms with Gasteiger partial charge in [-0.25, -0.2) is 0 Å². The standard InChI is InChI=1S/C16H20N2OS.ClH/c1-11(2)18(10-14-5-4-8-20-14)16(19)15-9-13(17)7-6-12(15)3;/h4-9,11H,10,17H2,1-3H3;1H. The van der Waals surface area contributed by atoms with Gasteiger partial charge < -0.3 is 10.6 Å². The molecule has 0 saturated heterocycles. The van der Waals surface area contributed by atoms with Gasteiger partial charge in [-0.15, -0.1) is 23.7 Å². The van der Waals surface area contributed by atoms with Crippen molar-refractivity contribution in [3.63, 3.8) is 0 Å². The molecule has 0 radical (unpaired) electrons. The Kier molecular flexibility index (Phi) is 6.24. The molecule has 5 heteroatoms. The third-order valence-corrected chi connectivity index (χ3v) is 4.14. The number of nitrogens with zero attached hydrogens (tertiary/aromatic N) is 1. The van der Waals surface area contributed by atoms with Crippen LogP contribution in [-0.4, -0.2) is 16.8 Å². The minimum Gasteiger partial charge on any atom is -0.399 e. The number of halogens is 1. The number of amides is 1. The highest BCUT2D eigenvalue weighted by Gasteiger charge is 2.21. The van der Waals surface area contributed by atoms with Crippen molar-refractivity contribution in [1.29, 1.82) is 0 Å². The molecule has 114 valence electrons. The van der Waals surface area contributed by atoms with Crippen molar-refractivity contribution in [3.05, 3.63) is 51.7 Å². The fourth-order valence-corrected chi connectivity index (χ4v) is 2.79. The first-order valence-corrected chi connectivity index (χ1v) is 7.56. The van der Waals surface area contributed by atoms with Gasteiger partial charge in [-0.3, -0.25) is 4.79 Å². The van der Waals surface area contributed by atoms with E-state index in [1.807, 2.05) is 49.3 Å². The Morgan fingerprint density at radius 2 is 2.05 bits per heavy atom. The van der Waals surface area contributed by atoms with E-state index in [9.17, 15) is 4.79 Å². The Morgan fingerprint density at radius 1 is 1.33 bits per heavy atom. The lowest BCUT2D eigenvalue weighted by Gasteiger charge is -2.27. The summed E-state index contributed by atoms with van der Waals surface area (Å²) in [7, 11) is 0. The van der Waals surface area contributed by atoms with Crippen molar-refractivity contribution >= 4 is 35.3 Å². The van der Waals surface area contributed by atoms with Crippen LogP contribution >= 0.6 is 23.7 Å². The van der Waals surface area contributed by atoms with E-state index in [1.54, 1.807) is 17.4 Å². The van der Waals surface area contributed by atoms with Crippen LogP contribution in [0.3, 0.4) is 0 Å². The second kappa shape index (κ2) is 7.48. The van der Waals surface area contributed by atoms with Crippen LogP contribution in [0.1, 0.15) is 34.6 Å². The molecule has 0 unspecified atom stereocenters. The van der Waals surface area contributed by atoms with Crippen LogP contribution in [0.4, 0.5) is 5.69 Å². The zero-order valence-electron chi connectivity index (χ0n) is 12.5.